The number of hydrogen-bond acceptors (Lipinski definition) is 6. The molecule has 0 radical (unpaired) electrons. The maximum absolute atomic E-state index is 10.3. The minimum atomic E-state index is 0.114. The van der Waals surface area contributed by atoms with E-state index in [4.69, 9.17) is 10.2 Å². The lowest BCUT2D eigenvalue weighted by atomic mass is 10.2. The highest BCUT2D eigenvalue weighted by Gasteiger charge is 2.03. The van der Waals surface area contributed by atoms with Crippen LogP contribution in [0.15, 0.2) is 53.7 Å². The largest absolute Gasteiger partial charge is 0.395 e. The highest BCUT2D eigenvalue weighted by Crippen LogP contribution is 2.23. The molecule has 0 aliphatic carbocycles. The molecule has 2 aromatic rings. The molecule has 0 aromatic heterocycles. The van der Waals surface area contributed by atoms with Crippen molar-refractivity contribution < 1.29 is 10.2 Å². The van der Waals surface area contributed by atoms with Gasteiger partial charge in [0.25, 0.3) is 0 Å². The molecule has 0 fully saturated rings. The molecule has 25 heavy (non-hydrogen) atoms. The third kappa shape index (κ3) is 6.91. The minimum Gasteiger partial charge on any atom is -0.395 e. The minimum absolute atomic E-state index is 0.114. The van der Waals surface area contributed by atoms with Gasteiger partial charge in [0.2, 0.25) is 0 Å². The Hall–Kier alpha value is -2.44. The molecule has 2 rings (SSSR count). The van der Waals surface area contributed by atoms with Crippen LogP contribution in [0.3, 0.4) is 0 Å². The molecule has 0 spiro atoms. The molecular formula is C19H27N3O3. The fraction of sp³-hybridized carbons (Fsp3) is 0.368. The normalized spacial score (nSPS) is 9.80. The van der Waals surface area contributed by atoms with E-state index in [1.54, 1.807) is 6.07 Å². The molecule has 0 saturated carbocycles. The second-order valence-corrected chi connectivity index (χ2v) is 5.69. The summed E-state index contributed by atoms with van der Waals surface area (Å²) < 4.78 is 0. The van der Waals surface area contributed by atoms with E-state index >= 15 is 0 Å². The number of aryl methyl sites for hydroxylation is 1. The van der Waals surface area contributed by atoms with Crippen molar-refractivity contribution in [2.75, 3.05) is 50.2 Å². The lowest BCUT2D eigenvalue weighted by molar-refractivity contribution is 0.304. The van der Waals surface area contributed by atoms with Gasteiger partial charge in [-0.05, 0) is 48.0 Å². The Balaban J connectivity index is 0.000000257. The lowest BCUT2D eigenvalue weighted by Crippen LogP contribution is -2.20. The van der Waals surface area contributed by atoms with Crippen LogP contribution in [0, 0.1) is 11.8 Å². The van der Waals surface area contributed by atoms with Gasteiger partial charge in [0.05, 0.1) is 13.2 Å². The second-order valence-electron chi connectivity index (χ2n) is 5.69. The Morgan fingerprint density at radius 1 is 0.880 bits per heavy atom. The lowest BCUT2D eigenvalue weighted by Gasteiger charge is -2.18. The van der Waals surface area contributed by atoms with Crippen LogP contribution in [-0.4, -0.2) is 50.6 Å². The number of nitroso groups, excluding NO2 is 1. The summed E-state index contributed by atoms with van der Waals surface area (Å²) in [6.07, 6.45) is 0. The molecule has 0 bridgehead atoms. The van der Waals surface area contributed by atoms with Crippen molar-refractivity contribution in [2.24, 2.45) is 5.18 Å². The zero-order valence-electron chi connectivity index (χ0n) is 15.1. The number of likely N-dealkylation sites (N-methyl/N-ethyl adjacent to an activating group) is 2. The van der Waals surface area contributed by atoms with Gasteiger partial charge in [-0.2, -0.15) is 0 Å². The first kappa shape index (κ1) is 20.6. The number of anilines is 2. The summed E-state index contributed by atoms with van der Waals surface area (Å²) in [5.74, 6) is 0. The molecule has 6 heteroatoms. The van der Waals surface area contributed by atoms with Gasteiger partial charge in [0.15, 0.2) is 0 Å². The van der Waals surface area contributed by atoms with Crippen LogP contribution in [0.1, 0.15) is 5.56 Å². The van der Waals surface area contributed by atoms with E-state index in [9.17, 15) is 4.91 Å². The quantitative estimate of drug-likeness (QED) is 0.755. The third-order valence-electron chi connectivity index (χ3n) is 3.79. The van der Waals surface area contributed by atoms with Crippen LogP contribution in [0.2, 0.25) is 0 Å². The smallest absolute Gasteiger partial charge is 0.111 e. The molecule has 6 nitrogen and oxygen atoms in total. The third-order valence-corrected chi connectivity index (χ3v) is 3.79. The fourth-order valence-corrected chi connectivity index (χ4v) is 2.22. The van der Waals surface area contributed by atoms with Crippen molar-refractivity contribution in [2.45, 2.75) is 6.92 Å². The molecule has 2 aromatic carbocycles. The summed E-state index contributed by atoms with van der Waals surface area (Å²) in [5.41, 5.74) is 3.43. The molecule has 0 saturated heterocycles. The average Bonchev–Trinajstić information content (AvgIpc) is 2.63. The van der Waals surface area contributed by atoms with E-state index in [1.807, 2.05) is 73.3 Å². The highest BCUT2D eigenvalue weighted by molar-refractivity contribution is 5.57. The van der Waals surface area contributed by atoms with Crippen LogP contribution in [0.25, 0.3) is 0 Å². The Kier molecular flexibility index (Phi) is 9.21. The van der Waals surface area contributed by atoms with Crippen molar-refractivity contribution in [3.8, 4) is 0 Å². The first-order valence-corrected chi connectivity index (χ1v) is 8.16. The number of para-hydroxylation sites is 1. The topological polar surface area (TPSA) is 76.4 Å². The zero-order chi connectivity index (χ0) is 18.7. The summed E-state index contributed by atoms with van der Waals surface area (Å²) in [6, 6.07) is 15.4. The molecule has 0 atom stereocenters. The standard InChI is InChI=1S/C10H14N2O2.C9H13NO/c1-8-7-9(12(2)5-6-13)3-4-10(8)11-14;1-10(7-8-11)9-5-3-2-4-6-9/h3-4,7,13H,5-6H2,1-2H3;2-6,11H,7-8H2,1H3. The zero-order valence-corrected chi connectivity index (χ0v) is 15.1. The van der Waals surface area contributed by atoms with Gasteiger partial charge in [-0.1, -0.05) is 18.2 Å². The Morgan fingerprint density at radius 3 is 1.92 bits per heavy atom. The van der Waals surface area contributed by atoms with Crippen molar-refractivity contribution >= 4 is 17.1 Å². The summed E-state index contributed by atoms with van der Waals surface area (Å²) >= 11 is 0. The summed E-state index contributed by atoms with van der Waals surface area (Å²) in [5, 5.41) is 20.3. The molecule has 0 aliphatic heterocycles. The monoisotopic (exact) mass is 345 g/mol. The number of aliphatic hydroxyl groups is 2. The van der Waals surface area contributed by atoms with Crippen molar-refractivity contribution in [1.29, 1.82) is 0 Å². The summed E-state index contributed by atoms with van der Waals surface area (Å²) in [7, 11) is 3.85. The molecule has 0 unspecified atom stereocenters. The number of hydrogen-bond donors (Lipinski definition) is 2. The maximum Gasteiger partial charge on any atom is 0.111 e. The number of aliphatic hydroxyl groups excluding tert-OH is 2. The van der Waals surface area contributed by atoms with E-state index in [0.29, 0.717) is 18.8 Å². The van der Waals surface area contributed by atoms with Crippen molar-refractivity contribution in [3.63, 3.8) is 0 Å². The van der Waals surface area contributed by atoms with E-state index in [1.165, 1.54) is 0 Å². The van der Waals surface area contributed by atoms with Gasteiger partial charge in [-0.3, -0.25) is 0 Å². The SMILES string of the molecule is CN(CCO)c1ccccc1.Cc1cc(N(C)CCO)ccc1N=O. The molecule has 0 aliphatic rings. The Labute approximate surface area is 149 Å². The van der Waals surface area contributed by atoms with Gasteiger partial charge in [-0.25, -0.2) is 0 Å². The first-order valence-electron chi connectivity index (χ1n) is 8.16. The summed E-state index contributed by atoms with van der Waals surface area (Å²) in [4.78, 5) is 14.3. The van der Waals surface area contributed by atoms with E-state index in [-0.39, 0.29) is 13.2 Å². The van der Waals surface area contributed by atoms with Crippen molar-refractivity contribution in [3.05, 3.63) is 59.0 Å². The van der Waals surface area contributed by atoms with Crippen LogP contribution in [0.5, 0.6) is 0 Å². The molecule has 0 amide bonds. The fourth-order valence-electron chi connectivity index (χ4n) is 2.22. The molecular weight excluding hydrogens is 318 g/mol. The van der Waals surface area contributed by atoms with Gasteiger partial charge < -0.3 is 20.0 Å². The number of benzene rings is 2. The van der Waals surface area contributed by atoms with Crippen LogP contribution in [-0.2, 0) is 0 Å². The van der Waals surface area contributed by atoms with Gasteiger partial charge in [0.1, 0.15) is 5.69 Å². The van der Waals surface area contributed by atoms with E-state index in [0.717, 1.165) is 16.9 Å². The second kappa shape index (κ2) is 11.2. The van der Waals surface area contributed by atoms with E-state index < -0.39 is 0 Å². The number of nitrogens with zero attached hydrogens (tertiary/aromatic N) is 3. The van der Waals surface area contributed by atoms with Crippen LogP contribution in [0.4, 0.5) is 17.1 Å². The maximum atomic E-state index is 10.3. The molecule has 2 N–H and O–H groups in total. The summed E-state index contributed by atoms with van der Waals surface area (Å²) in [6.45, 7) is 3.42. The van der Waals surface area contributed by atoms with Gasteiger partial charge >= 0.3 is 0 Å². The predicted octanol–water partition coefficient (Wildman–Crippen LogP) is 2.94. The van der Waals surface area contributed by atoms with Crippen LogP contribution >= 0.6 is 0 Å². The van der Waals surface area contributed by atoms with Gasteiger partial charge in [0, 0.05) is 38.6 Å². The predicted molar refractivity (Wildman–Crippen MR) is 104 cm³/mol. The van der Waals surface area contributed by atoms with E-state index in [2.05, 4.69) is 5.18 Å². The van der Waals surface area contributed by atoms with Gasteiger partial charge in [-0.15, -0.1) is 4.91 Å². The number of rotatable bonds is 7. The molecule has 0 heterocycles. The van der Waals surface area contributed by atoms with Crippen molar-refractivity contribution in [1.82, 2.24) is 0 Å². The Bertz CT molecular complexity index is 635. The highest BCUT2D eigenvalue weighted by atomic mass is 16.3. The Morgan fingerprint density at radius 2 is 1.44 bits per heavy atom. The first-order chi connectivity index (χ1) is 12.0. The average molecular weight is 345 g/mol. The molecule has 136 valence electrons. The van der Waals surface area contributed by atoms with Crippen LogP contribution < -0.4 is 9.80 Å².